The fourth-order valence-corrected chi connectivity index (χ4v) is 8.65. The summed E-state index contributed by atoms with van der Waals surface area (Å²) in [6.07, 6.45) is 0. The molecule has 0 aliphatic rings. The van der Waals surface area contributed by atoms with Crippen molar-refractivity contribution in [1.29, 1.82) is 0 Å². The quantitative estimate of drug-likeness (QED) is 0.165. The van der Waals surface area contributed by atoms with Gasteiger partial charge in [0.1, 0.15) is 5.65 Å². The monoisotopic (exact) mass is 740 g/mol. The van der Waals surface area contributed by atoms with Gasteiger partial charge in [0.25, 0.3) is 0 Å². The highest BCUT2D eigenvalue weighted by Crippen LogP contribution is 2.41. The van der Waals surface area contributed by atoms with Crippen molar-refractivity contribution in [3.8, 4) is 51.0 Å². The lowest BCUT2D eigenvalue weighted by Crippen LogP contribution is -2.00. The van der Waals surface area contributed by atoms with Gasteiger partial charge in [0, 0.05) is 43.9 Å². The van der Waals surface area contributed by atoms with Gasteiger partial charge in [0.15, 0.2) is 17.5 Å². The van der Waals surface area contributed by atoms with Gasteiger partial charge < -0.3 is 4.57 Å². The smallest absolute Gasteiger partial charge is 0.164 e. The summed E-state index contributed by atoms with van der Waals surface area (Å²) in [5.74, 6) is 1.94. The van der Waals surface area contributed by atoms with Crippen LogP contribution in [0.25, 0.3) is 111 Å². The number of benzene rings is 8. The zero-order chi connectivity index (χ0) is 38.2. The van der Waals surface area contributed by atoms with E-state index in [4.69, 9.17) is 19.9 Å². The van der Waals surface area contributed by atoms with Gasteiger partial charge >= 0.3 is 0 Å². The number of hydrogen-bond donors (Lipinski definition) is 0. The number of hydrogen-bond acceptors (Lipinski definition) is 4. The predicted octanol–water partition coefficient (Wildman–Crippen LogP) is 12.7. The second-order valence-corrected chi connectivity index (χ2v) is 14.7. The molecule has 0 unspecified atom stereocenters. The van der Waals surface area contributed by atoms with Gasteiger partial charge in [-0.15, -0.1) is 0 Å². The number of rotatable bonds is 5. The largest absolute Gasteiger partial charge is 0.307 e. The van der Waals surface area contributed by atoms with E-state index < -0.39 is 0 Å². The zero-order valence-electron chi connectivity index (χ0n) is 31.2. The zero-order valence-corrected chi connectivity index (χ0v) is 31.2. The number of fused-ring (bicyclic) bond motifs is 12. The molecular formula is C52H32N6. The van der Waals surface area contributed by atoms with E-state index in [9.17, 15) is 0 Å². The minimum atomic E-state index is 0.640. The second kappa shape index (κ2) is 12.8. The summed E-state index contributed by atoms with van der Waals surface area (Å²) < 4.78 is 4.80. The van der Waals surface area contributed by atoms with Crippen molar-refractivity contribution in [3.05, 3.63) is 194 Å². The van der Waals surface area contributed by atoms with E-state index in [-0.39, 0.29) is 0 Å². The molecule has 6 heteroatoms. The summed E-state index contributed by atoms with van der Waals surface area (Å²) in [4.78, 5) is 19.9. The molecule has 4 heterocycles. The molecule has 0 saturated heterocycles. The van der Waals surface area contributed by atoms with E-state index in [1.807, 2.05) is 60.7 Å². The lowest BCUT2D eigenvalue weighted by atomic mass is 10.0. The molecule has 12 aromatic rings. The Labute approximate surface area is 333 Å². The Morgan fingerprint density at radius 3 is 1.40 bits per heavy atom. The summed E-state index contributed by atoms with van der Waals surface area (Å²) in [7, 11) is 0. The Morgan fingerprint density at radius 2 is 0.759 bits per heavy atom. The van der Waals surface area contributed by atoms with Crippen molar-refractivity contribution in [1.82, 2.24) is 28.9 Å². The summed E-state index contributed by atoms with van der Waals surface area (Å²) in [5.41, 5.74) is 12.7. The van der Waals surface area contributed by atoms with E-state index in [1.165, 1.54) is 21.5 Å². The number of aromatic nitrogens is 6. The van der Waals surface area contributed by atoms with E-state index in [0.29, 0.717) is 17.5 Å². The lowest BCUT2D eigenvalue weighted by Gasteiger charge is -2.14. The topological polar surface area (TPSA) is 60.9 Å². The van der Waals surface area contributed by atoms with Crippen LogP contribution in [0.15, 0.2) is 194 Å². The highest BCUT2D eigenvalue weighted by molar-refractivity contribution is 6.24. The minimum absolute atomic E-state index is 0.640. The summed E-state index contributed by atoms with van der Waals surface area (Å²) >= 11 is 0. The fourth-order valence-electron chi connectivity index (χ4n) is 8.65. The first kappa shape index (κ1) is 32.3. The van der Waals surface area contributed by atoms with Crippen LogP contribution in [-0.2, 0) is 0 Å². The Bertz CT molecular complexity index is 3470. The molecule has 0 aliphatic heterocycles. The molecule has 0 spiro atoms. The van der Waals surface area contributed by atoms with Crippen molar-refractivity contribution in [2.24, 2.45) is 0 Å². The normalized spacial score (nSPS) is 11.8. The molecular weight excluding hydrogens is 709 g/mol. The average molecular weight is 741 g/mol. The maximum Gasteiger partial charge on any atom is 0.164 e. The summed E-state index contributed by atoms with van der Waals surface area (Å²) in [6.45, 7) is 0. The van der Waals surface area contributed by atoms with Crippen LogP contribution in [0.4, 0.5) is 0 Å². The van der Waals surface area contributed by atoms with Crippen molar-refractivity contribution < 1.29 is 0 Å². The Morgan fingerprint density at radius 1 is 0.293 bits per heavy atom. The van der Waals surface area contributed by atoms with Gasteiger partial charge in [-0.25, -0.2) is 19.9 Å². The predicted molar refractivity (Wildman–Crippen MR) is 237 cm³/mol. The SMILES string of the molecule is c1ccc(-c2nc(-c3ccccc3)nc(-c3ccc(-c4ccc(-n5c6ccccc6c6ccc7c8ccccc8c8nc9ccccc9n8c7c65)cc4)cc3)n2)cc1. The first-order chi connectivity index (χ1) is 28.8. The first-order valence-electron chi connectivity index (χ1n) is 19.5. The van der Waals surface area contributed by atoms with Crippen LogP contribution in [0.3, 0.4) is 0 Å². The van der Waals surface area contributed by atoms with Crippen molar-refractivity contribution >= 4 is 60.2 Å². The molecule has 0 aliphatic carbocycles. The molecule has 6 nitrogen and oxygen atoms in total. The van der Waals surface area contributed by atoms with E-state index >= 15 is 0 Å². The van der Waals surface area contributed by atoms with Crippen LogP contribution in [0.1, 0.15) is 0 Å². The Hall–Kier alpha value is -7.96. The van der Waals surface area contributed by atoms with Gasteiger partial charge in [0.2, 0.25) is 0 Å². The van der Waals surface area contributed by atoms with Crippen molar-refractivity contribution in [3.63, 3.8) is 0 Å². The second-order valence-electron chi connectivity index (χ2n) is 14.7. The van der Waals surface area contributed by atoms with E-state index in [2.05, 4.69) is 142 Å². The molecule has 270 valence electrons. The van der Waals surface area contributed by atoms with Crippen LogP contribution < -0.4 is 0 Å². The van der Waals surface area contributed by atoms with Crippen LogP contribution in [0, 0.1) is 0 Å². The lowest BCUT2D eigenvalue weighted by molar-refractivity contribution is 1.07. The third-order valence-corrected chi connectivity index (χ3v) is 11.4. The average Bonchev–Trinajstić information content (AvgIpc) is 3.86. The maximum absolute atomic E-state index is 5.21. The molecule has 0 fully saturated rings. The van der Waals surface area contributed by atoms with Crippen molar-refractivity contribution in [2.75, 3.05) is 0 Å². The third kappa shape index (κ3) is 4.98. The molecule has 8 aromatic carbocycles. The van der Waals surface area contributed by atoms with Gasteiger partial charge in [-0.1, -0.05) is 164 Å². The fraction of sp³-hybridized carbons (Fsp3) is 0. The Balaban J connectivity index is 0.997. The number of nitrogens with zero attached hydrogens (tertiary/aromatic N) is 6. The van der Waals surface area contributed by atoms with Gasteiger partial charge in [-0.05, 0) is 46.8 Å². The van der Waals surface area contributed by atoms with Gasteiger partial charge in [-0.2, -0.15) is 0 Å². The summed E-state index contributed by atoms with van der Waals surface area (Å²) in [5, 5.41) is 5.97. The van der Waals surface area contributed by atoms with Crippen LogP contribution in [0.2, 0.25) is 0 Å². The van der Waals surface area contributed by atoms with Gasteiger partial charge in [-0.3, -0.25) is 4.40 Å². The van der Waals surface area contributed by atoms with Crippen LogP contribution in [0.5, 0.6) is 0 Å². The minimum Gasteiger partial charge on any atom is -0.307 e. The molecule has 0 radical (unpaired) electrons. The van der Waals surface area contributed by atoms with E-state index in [1.54, 1.807) is 0 Å². The van der Waals surface area contributed by atoms with Gasteiger partial charge in [0.05, 0.1) is 27.6 Å². The molecule has 0 amide bonds. The molecule has 0 N–H and O–H groups in total. The molecule has 58 heavy (non-hydrogen) atoms. The highest BCUT2D eigenvalue weighted by atomic mass is 15.1. The van der Waals surface area contributed by atoms with E-state index in [0.717, 1.165) is 72.1 Å². The maximum atomic E-state index is 5.21. The van der Waals surface area contributed by atoms with Crippen molar-refractivity contribution in [2.45, 2.75) is 0 Å². The standard InChI is InChI=1S/C52H32N6/c1-3-13-35(14-4-1)49-54-50(36-15-5-2-6-16-36)56-51(55-49)37-25-23-33(24-26-37)34-27-29-38(30-28-34)57-45-21-11-9-18-40(45)42-32-31-41-39-17-7-8-19-43(39)52-53-44-20-10-12-22-46(44)58(52)48(41)47(42)57/h1-32H. The van der Waals surface area contributed by atoms with Crippen LogP contribution >= 0.6 is 0 Å². The molecule has 0 saturated carbocycles. The molecule has 0 bridgehead atoms. The number of para-hydroxylation sites is 3. The summed E-state index contributed by atoms with van der Waals surface area (Å²) in [6, 6.07) is 68.0. The first-order valence-corrected chi connectivity index (χ1v) is 19.5. The molecule has 0 atom stereocenters. The number of pyridine rings is 1. The third-order valence-electron chi connectivity index (χ3n) is 11.4. The highest BCUT2D eigenvalue weighted by Gasteiger charge is 2.21. The molecule has 12 rings (SSSR count). The number of imidazole rings is 1. The molecule has 4 aromatic heterocycles. The van der Waals surface area contributed by atoms with Crippen LogP contribution in [-0.4, -0.2) is 28.9 Å². The Kier molecular flexibility index (Phi) is 7.13.